The lowest BCUT2D eigenvalue weighted by Gasteiger charge is -2.39. The van der Waals surface area contributed by atoms with E-state index >= 15 is 0 Å². The average Bonchev–Trinajstić information content (AvgIpc) is 2.03. The van der Waals surface area contributed by atoms with Crippen LogP contribution in [0, 0.1) is 0 Å². The normalized spacial score (nSPS) is 21.2. The summed E-state index contributed by atoms with van der Waals surface area (Å²) in [4.78, 5) is 23.2. The predicted molar refractivity (Wildman–Crippen MR) is 48.3 cm³/mol. The summed E-state index contributed by atoms with van der Waals surface area (Å²) in [7, 11) is 0.836. The Balaban J connectivity index is 2.29. The van der Waals surface area contributed by atoms with Crippen molar-refractivity contribution in [3.05, 3.63) is 0 Å². The second-order valence-electron chi connectivity index (χ2n) is 3.04. The molecule has 1 rings (SSSR count). The SMILES string of the molecule is C[Si]CC1CC(=O)N1COC(C)=O. The topological polar surface area (TPSA) is 46.6 Å². The van der Waals surface area contributed by atoms with E-state index in [4.69, 9.17) is 4.74 Å². The van der Waals surface area contributed by atoms with Crippen LogP contribution in [0.1, 0.15) is 13.3 Å². The third-order valence-electron chi connectivity index (χ3n) is 2.02. The van der Waals surface area contributed by atoms with Gasteiger partial charge in [0.05, 0.1) is 0 Å². The van der Waals surface area contributed by atoms with Crippen LogP contribution >= 0.6 is 0 Å². The molecule has 0 aromatic carbocycles. The summed E-state index contributed by atoms with van der Waals surface area (Å²) < 4.78 is 4.76. The molecule has 1 saturated heterocycles. The molecule has 13 heavy (non-hydrogen) atoms. The number of β-lactam (4-membered cyclic amide) rings is 1. The number of hydrogen-bond donors (Lipinski definition) is 0. The Morgan fingerprint density at radius 2 is 2.46 bits per heavy atom. The van der Waals surface area contributed by atoms with Crippen LogP contribution in [0.2, 0.25) is 12.6 Å². The molecular formula is C8H13NO3Si. The van der Waals surface area contributed by atoms with Gasteiger partial charge in [0.25, 0.3) is 0 Å². The fourth-order valence-corrected chi connectivity index (χ4v) is 2.11. The summed E-state index contributed by atoms with van der Waals surface area (Å²) in [5, 5.41) is 0. The number of likely N-dealkylation sites (tertiary alicyclic amines) is 1. The van der Waals surface area contributed by atoms with Crippen molar-refractivity contribution in [1.29, 1.82) is 0 Å². The van der Waals surface area contributed by atoms with Crippen LogP contribution in [0.25, 0.3) is 0 Å². The molecule has 1 amide bonds. The van der Waals surface area contributed by atoms with Gasteiger partial charge in [-0.05, 0) is 6.04 Å². The number of rotatable bonds is 4. The third-order valence-corrected chi connectivity index (χ3v) is 2.90. The van der Waals surface area contributed by atoms with Crippen molar-refractivity contribution in [3.63, 3.8) is 0 Å². The van der Waals surface area contributed by atoms with Gasteiger partial charge in [0, 0.05) is 28.9 Å². The Morgan fingerprint density at radius 1 is 1.77 bits per heavy atom. The third kappa shape index (κ3) is 2.55. The highest BCUT2D eigenvalue weighted by molar-refractivity contribution is 6.33. The standard InChI is InChI=1S/C8H13NO3Si/c1-6(10)12-5-9-7(4-13-2)3-8(9)11/h7H,3-5H2,1-2H3. The highest BCUT2D eigenvalue weighted by Crippen LogP contribution is 2.21. The first-order valence-electron chi connectivity index (χ1n) is 4.22. The highest BCUT2D eigenvalue weighted by atomic mass is 28.2. The fraction of sp³-hybridized carbons (Fsp3) is 0.750. The van der Waals surface area contributed by atoms with Crippen molar-refractivity contribution >= 4 is 21.4 Å². The molecule has 1 heterocycles. The molecule has 0 aromatic heterocycles. The number of carbonyl (C=O) groups excluding carboxylic acids is 2. The van der Waals surface area contributed by atoms with E-state index in [0.717, 1.165) is 15.6 Å². The summed E-state index contributed by atoms with van der Waals surface area (Å²) in [6.07, 6.45) is 0.613. The number of amides is 1. The van der Waals surface area contributed by atoms with Crippen LogP contribution in [0.5, 0.6) is 0 Å². The van der Waals surface area contributed by atoms with E-state index in [2.05, 4.69) is 6.55 Å². The van der Waals surface area contributed by atoms with Gasteiger partial charge >= 0.3 is 5.97 Å². The maximum atomic E-state index is 11.1. The summed E-state index contributed by atoms with van der Waals surface area (Å²) in [6, 6.07) is 1.32. The maximum absolute atomic E-state index is 11.1. The number of carbonyl (C=O) groups is 2. The van der Waals surface area contributed by atoms with Crippen LogP contribution in [-0.4, -0.2) is 39.1 Å². The predicted octanol–water partition coefficient (Wildman–Crippen LogP) is 0.278. The monoisotopic (exact) mass is 199 g/mol. The van der Waals surface area contributed by atoms with Gasteiger partial charge in [0.2, 0.25) is 5.91 Å². The molecule has 0 aromatic rings. The zero-order valence-electron chi connectivity index (χ0n) is 7.87. The van der Waals surface area contributed by atoms with E-state index in [1.165, 1.54) is 6.92 Å². The van der Waals surface area contributed by atoms with Gasteiger partial charge in [-0.2, -0.15) is 0 Å². The number of esters is 1. The van der Waals surface area contributed by atoms with E-state index in [0.29, 0.717) is 12.5 Å². The van der Waals surface area contributed by atoms with Gasteiger partial charge in [-0.1, -0.05) is 6.55 Å². The summed E-state index contributed by atoms with van der Waals surface area (Å²) in [5.41, 5.74) is 0. The van der Waals surface area contributed by atoms with Gasteiger partial charge in [-0.25, -0.2) is 0 Å². The minimum Gasteiger partial charge on any atom is -0.444 e. The van der Waals surface area contributed by atoms with Crippen molar-refractivity contribution in [2.45, 2.75) is 32.0 Å². The van der Waals surface area contributed by atoms with Crippen LogP contribution in [0.3, 0.4) is 0 Å². The first kappa shape index (κ1) is 10.2. The lowest BCUT2D eigenvalue weighted by molar-refractivity contribution is -0.161. The second kappa shape index (κ2) is 4.41. The van der Waals surface area contributed by atoms with E-state index in [9.17, 15) is 9.59 Å². The molecule has 1 aliphatic heterocycles. The quantitative estimate of drug-likeness (QED) is 0.371. The minimum atomic E-state index is -0.336. The Labute approximate surface area is 80.1 Å². The maximum Gasteiger partial charge on any atom is 0.304 e. The van der Waals surface area contributed by atoms with Crippen LogP contribution in [0.15, 0.2) is 0 Å². The van der Waals surface area contributed by atoms with Crippen LogP contribution in [-0.2, 0) is 14.3 Å². The molecule has 72 valence electrons. The Morgan fingerprint density at radius 3 is 2.92 bits per heavy atom. The Kier molecular flexibility index (Phi) is 3.47. The van der Waals surface area contributed by atoms with Gasteiger partial charge < -0.3 is 9.64 Å². The Bertz CT molecular complexity index is 219. The fourth-order valence-electron chi connectivity index (χ4n) is 1.28. The molecule has 1 aliphatic rings. The van der Waals surface area contributed by atoms with Gasteiger partial charge in [-0.15, -0.1) is 0 Å². The molecule has 0 bridgehead atoms. The van der Waals surface area contributed by atoms with Crippen LogP contribution in [0.4, 0.5) is 0 Å². The van der Waals surface area contributed by atoms with Crippen molar-refractivity contribution in [2.75, 3.05) is 6.73 Å². The second-order valence-corrected chi connectivity index (χ2v) is 4.16. The molecule has 0 spiro atoms. The van der Waals surface area contributed by atoms with Gasteiger partial charge in [-0.3, -0.25) is 9.59 Å². The largest absolute Gasteiger partial charge is 0.444 e. The first-order chi connectivity index (χ1) is 6.15. The molecule has 4 nitrogen and oxygen atoms in total. The average molecular weight is 199 g/mol. The lowest BCUT2D eigenvalue weighted by Crippen LogP contribution is -2.53. The van der Waals surface area contributed by atoms with Crippen LogP contribution < -0.4 is 0 Å². The zero-order valence-corrected chi connectivity index (χ0v) is 8.87. The number of hydrogen-bond acceptors (Lipinski definition) is 3. The molecule has 1 unspecified atom stereocenters. The summed E-state index contributed by atoms with van der Waals surface area (Å²) >= 11 is 0. The van der Waals surface area contributed by atoms with E-state index in [1.807, 2.05) is 0 Å². The molecule has 0 N–H and O–H groups in total. The summed E-state index contributed by atoms with van der Waals surface area (Å²) in [6.45, 7) is 3.58. The van der Waals surface area contributed by atoms with E-state index in [1.54, 1.807) is 4.90 Å². The van der Waals surface area contributed by atoms with Gasteiger partial charge in [0.1, 0.15) is 0 Å². The van der Waals surface area contributed by atoms with E-state index < -0.39 is 0 Å². The van der Waals surface area contributed by atoms with Crippen molar-refractivity contribution in [3.8, 4) is 0 Å². The Hall–Kier alpha value is -0.843. The molecule has 5 heteroatoms. The van der Waals surface area contributed by atoms with Crippen molar-refractivity contribution in [2.24, 2.45) is 0 Å². The first-order valence-corrected chi connectivity index (χ1v) is 5.93. The molecule has 0 saturated carbocycles. The number of ether oxygens (including phenoxy) is 1. The van der Waals surface area contributed by atoms with Crippen molar-refractivity contribution < 1.29 is 14.3 Å². The van der Waals surface area contributed by atoms with Gasteiger partial charge in [0.15, 0.2) is 6.73 Å². The lowest BCUT2D eigenvalue weighted by atomic mass is 10.1. The minimum absolute atomic E-state index is 0.0875. The molecule has 0 aliphatic carbocycles. The highest BCUT2D eigenvalue weighted by Gasteiger charge is 2.35. The smallest absolute Gasteiger partial charge is 0.304 e. The molecule has 1 atom stereocenters. The van der Waals surface area contributed by atoms with E-state index in [-0.39, 0.29) is 18.6 Å². The summed E-state index contributed by atoms with van der Waals surface area (Å²) in [5.74, 6) is -0.248. The molecule has 2 radical (unpaired) electrons. The molecule has 1 fully saturated rings. The molecular weight excluding hydrogens is 186 g/mol. The zero-order chi connectivity index (χ0) is 9.84. The number of nitrogens with zero attached hydrogens (tertiary/aromatic N) is 1. The van der Waals surface area contributed by atoms with Crippen molar-refractivity contribution in [1.82, 2.24) is 4.90 Å².